The van der Waals surface area contributed by atoms with Crippen molar-refractivity contribution < 1.29 is 9.18 Å². The zero-order chi connectivity index (χ0) is 17.6. The van der Waals surface area contributed by atoms with E-state index in [0.29, 0.717) is 17.4 Å². The van der Waals surface area contributed by atoms with E-state index in [1.807, 2.05) is 0 Å². The van der Waals surface area contributed by atoms with Crippen LogP contribution < -0.4 is 5.32 Å². The second-order valence-corrected chi connectivity index (χ2v) is 7.47. The van der Waals surface area contributed by atoms with Crippen molar-refractivity contribution in [1.82, 2.24) is 20.1 Å². The SMILES string of the molecule is Cc1nc(C(=O)N[C@@H](C)[C@H]2C[C@H]3CC[C@H]2C3)nn1-c1ccc(F)cc1. The van der Waals surface area contributed by atoms with Crippen molar-refractivity contribution in [3.05, 3.63) is 41.7 Å². The van der Waals surface area contributed by atoms with Gasteiger partial charge in [-0.05, 0) is 75.1 Å². The third kappa shape index (κ3) is 3.05. The summed E-state index contributed by atoms with van der Waals surface area (Å²) in [6.07, 6.45) is 5.20. The number of nitrogens with zero attached hydrogens (tertiary/aromatic N) is 3. The van der Waals surface area contributed by atoms with E-state index < -0.39 is 0 Å². The van der Waals surface area contributed by atoms with Crippen LogP contribution in [0.2, 0.25) is 0 Å². The normalized spacial score (nSPS) is 26.0. The Morgan fingerprint density at radius 3 is 2.68 bits per heavy atom. The first-order valence-corrected chi connectivity index (χ1v) is 9.01. The summed E-state index contributed by atoms with van der Waals surface area (Å²) in [6, 6.07) is 6.12. The van der Waals surface area contributed by atoms with Gasteiger partial charge in [0.1, 0.15) is 11.6 Å². The van der Waals surface area contributed by atoms with Gasteiger partial charge in [-0.25, -0.2) is 14.1 Å². The molecular formula is C19H23FN4O. The van der Waals surface area contributed by atoms with E-state index in [1.165, 1.54) is 37.8 Å². The lowest BCUT2D eigenvalue weighted by Crippen LogP contribution is -2.40. The molecular weight excluding hydrogens is 319 g/mol. The Hall–Kier alpha value is -2.24. The average Bonchev–Trinajstić information content (AvgIpc) is 3.31. The standard InChI is InChI=1S/C19H23FN4O/c1-11(17-10-13-3-4-14(17)9-13)21-19(25)18-22-12(2)24(23-18)16-7-5-15(20)6-8-16/h5-8,11,13-14,17H,3-4,9-10H2,1-2H3,(H,21,25)/t11-,13-,14-,17+/m0/s1. The first kappa shape index (κ1) is 16.2. The molecule has 2 bridgehead atoms. The number of aromatic nitrogens is 3. The van der Waals surface area contributed by atoms with E-state index in [0.717, 1.165) is 11.8 Å². The zero-order valence-corrected chi connectivity index (χ0v) is 14.6. The van der Waals surface area contributed by atoms with Crippen LogP contribution in [0.25, 0.3) is 5.69 Å². The maximum absolute atomic E-state index is 13.1. The first-order valence-electron chi connectivity index (χ1n) is 9.01. The number of fused-ring (bicyclic) bond motifs is 2. The number of hydrogen-bond acceptors (Lipinski definition) is 3. The molecule has 1 heterocycles. The van der Waals surface area contributed by atoms with Gasteiger partial charge < -0.3 is 5.32 Å². The van der Waals surface area contributed by atoms with Crippen molar-refractivity contribution in [2.45, 2.75) is 45.6 Å². The number of amides is 1. The number of carbonyl (C=O) groups is 1. The molecule has 25 heavy (non-hydrogen) atoms. The van der Waals surface area contributed by atoms with Gasteiger partial charge in [0.05, 0.1) is 5.69 Å². The number of carbonyl (C=O) groups excluding carboxylic acids is 1. The van der Waals surface area contributed by atoms with Crippen molar-refractivity contribution in [2.75, 3.05) is 0 Å². The molecule has 2 aliphatic carbocycles. The van der Waals surface area contributed by atoms with Gasteiger partial charge in [0.15, 0.2) is 0 Å². The molecule has 1 amide bonds. The van der Waals surface area contributed by atoms with Crippen LogP contribution in [-0.2, 0) is 0 Å². The summed E-state index contributed by atoms with van der Waals surface area (Å²) in [4.78, 5) is 16.8. The van der Waals surface area contributed by atoms with Gasteiger partial charge in [0.2, 0.25) is 5.82 Å². The smallest absolute Gasteiger partial charge is 0.291 e. The number of hydrogen-bond donors (Lipinski definition) is 1. The summed E-state index contributed by atoms with van der Waals surface area (Å²) in [6.45, 7) is 3.87. The molecule has 1 aromatic carbocycles. The quantitative estimate of drug-likeness (QED) is 0.928. The predicted molar refractivity (Wildman–Crippen MR) is 91.9 cm³/mol. The third-order valence-electron chi connectivity index (χ3n) is 5.84. The van der Waals surface area contributed by atoms with Crippen molar-refractivity contribution in [3.8, 4) is 5.69 Å². The molecule has 0 saturated heterocycles. The minimum Gasteiger partial charge on any atom is -0.347 e. The summed E-state index contributed by atoms with van der Waals surface area (Å²) in [7, 11) is 0. The average molecular weight is 342 g/mol. The van der Waals surface area contributed by atoms with Gasteiger partial charge in [0, 0.05) is 6.04 Å². The molecule has 2 aromatic rings. The minimum atomic E-state index is -0.306. The fraction of sp³-hybridized carbons (Fsp3) is 0.526. The van der Waals surface area contributed by atoms with Crippen molar-refractivity contribution in [2.24, 2.45) is 17.8 Å². The fourth-order valence-corrected chi connectivity index (χ4v) is 4.60. The van der Waals surface area contributed by atoms with Gasteiger partial charge in [-0.15, -0.1) is 5.10 Å². The van der Waals surface area contributed by atoms with Crippen LogP contribution in [0.4, 0.5) is 4.39 Å². The van der Waals surface area contributed by atoms with Crippen LogP contribution in [0.3, 0.4) is 0 Å². The second-order valence-electron chi connectivity index (χ2n) is 7.47. The van der Waals surface area contributed by atoms with Crippen LogP contribution in [0.1, 0.15) is 49.1 Å². The third-order valence-corrected chi connectivity index (χ3v) is 5.84. The lowest BCUT2D eigenvalue weighted by Gasteiger charge is -2.28. The highest BCUT2D eigenvalue weighted by molar-refractivity contribution is 5.90. The summed E-state index contributed by atoms with van der Waals surface area (Å²) in [5.41, 5.74) is 0.687. The van der Waals surface area contributed by atoms with Gasteiger partial charge in [-0.2, -0.15) is 0 Å². The Labute approximate surface area is 146 Å². The molecule has 132 valence electrons. The number of benzene rings is 1. The second kappa shape index (κ2) is 6.24. The molecule has 6 heteroatoms. The highest BCUT2D eigenvalue weighted by atomic mass is 19.1. The van der Waals surface area contributed by atoms with Crippen LogP contribution in [-0.4, -0.2) is 26.7 Å². The lowest BCUT2D eigenvalue weighted by molar-refractivity contribution is 0.0904. The van der Waals surface area contributed by atoms with E-state index in [2.05, 4.69) is 22.3 Å². The molecule has 0 aliphatic heterocycles. The summed E-state index contributed by atoms with van der Waals surface area (Å²) in [5.74, 6) is 2.40. The zero-order valence-electron chi connectivity index (χ0n) is 14.6. The molecule has 4 rings (SSSR count). The molecule has 1 N–H and O–H groups in total. The number of nitrogens with one attached hydrogen (secondary N) is 1. The molecule has 2 fully saturated rings. The molecule has 0 radical (unpaired) electrons. The van der Waals surface area contributed by atoms with Crippen LogP contribution in [0, 0.1) is 30.5 Å². The predicted octanol–water partition coefficient (Wildman–Crippen LogP) is 3.27. The van der Waals surface area contributed by atoms with E-state index in [4.69, 9.17) is 0 Å². The first-order chi connectivity index (χ1) is 12.0. The van der Waals surface area contributed by atoms with Crippen LogP contribution in [0.15, 0.2) is 24.3 Å². The molecule has 4 atom stereocenters. The molecule has 2 saturated carbocycles. The van der Waals surface area contributed by atoms with Crippen molar-refractivity contribution in [1.29, 1.82) is 0 Å². The van der Waals surface area contributed by atoms with Gasteiger partial charge in [-0.1, -0.05) is 6.42 Å². The highest BCUT2D eigenvalue weighted by Crippen LogP contribution is 2.49. The Balaban J connectivity index is 1.47. The summed E-state index contributed by atoms with van der Waals surface area (Å²) >= 11 is 0. The van der Waals surface area contributed by atoms with E-state index >= 15 is 0 Å². The van der Waals surface area contributed by atoms with E-state index in [1.54, 1.807) is 23.7 Å². The molecule has 1 aromatic heterocycles. The van der Waals surface area contributed by atoms with E-state index in [9.17, 15) is 9.18 Å². The maximum atomic E-state index is 13.1. The Morgan fingerprint density at radius 2 is 2.04 bits per heavy atom. The summed E-state index contributed by atoms with van der Waals surface area (Å²) < 4.78 is 14.6. The van der Waals surface area contributed by atoms with Gasteiger partial charge in [0.25, 0.3) is 5.91 Å². The molecule has 0 unspecified atom stereocenters. The van der Waals surface area contributed by atoms with Crippen LogP contribution in [0.5, 0.6) is 0 Å². The number of aryl methyl sites for hydroxylation is 1. The number of rotatable bonds is 4. The monoisotopic (exact) mass is 342 g/mol. The van der Waals surface area contributed by atoms with Gasteiger partial charge >= 0.3 is 0 Å². The largest absolute Gasteiger partial charge is 0.347 e. The highest BCUT2D eigenvalue weighted by Gasteiger charge is 2.42. The van der Waals surface area contributed by atoms with Crippen molar-refractivity contribution in [3.63, 3.8) is 0 Å². The topological polar surface area (TPSA) is 59.8 Å². The minimum absolute atomic E-state index is 0.140. The van der Waals surface area contributed by atoms with E-state index in [-0.39, 0.29) is 23.6 Å². The van der Waals surface area contributed by atoms with Gasteiger partial charge in [-0.3, -0.25) is 4.79 Å². The fourth-order valence-electron chi connectivity index (χ4n) is 4.60. The maximum Gasteiger partial charge on any atom is 0.291 e. The molecule has 2 aliphatic rings. The van der Waals surface area contributed by atoms with Crippen LogP contribution >= 0.6 is 0 Å². The Kier molecular flexibility index (Phi) is 4.06. The molecule has 0 spiro atoms. The lowest BCUT2D eigenvalue weighted by atomic mass is 9.84. The number of halogens is 1. The summed E-state index contributed by atoms with van der Waals surface area (Å²) in [5, 5.41) is 7.40. The Morgan fingerprint density at radius 1 is 1.28 bits per heavy atom. The Bertz CT molecular complexity index is 785. The molecule has 5 nitrogen and oxygen atoms in total. The van der Waals surface area contributed by atoms with Crippen molar-refractivity contribution >= 4 is 5.91 Å².